The van der Waals surface area contributed by atoms with Gasteiger partial charge in [-0.3, -0.25) is 9.78 Å². The lowest BCUT2D eigenvalue weighted by molar-refractivity contribution is -0.119. The number of nitrogens with one attached hydrogen (secondary N) is 2. The van der Waals surface area contributed by atoms with Crippen molar-refractivity contribution < 1.29 is 9.53 Å². The second-order valence-electron chi connectivity index (χ2n) is 5.79. The van der Waals surface area contributed by atoms with E-state index in [1.807, 2.05) is 55.5 Å². The van der Waals surface area contributed by atoms with Crippen molar-refractivity contribution in [1.82, 2.24) is 10.4 Å². The third-order valence-electron chi connectivity index (χ3n) is 3.75. The van der Waals surface area contributed by atoms with E-state index in [2.05, 4.69) is 20.8 Å². The first-order valence-corrected chi connectivity index (χ1v) is 8.51. The number of aryl methyl sites for hydroxylation is 1. The Morgan fingerprint density at radius 2 is 1.74 bits per heavy atom. The maximum atomic E-state index is 12.0. The first kappa shape index (κ1) is 18.1. The number of aromatic nitrogens is 1. The number of hydrogen-bond donors (Lipinski definition) is 2. The molecule has 1 aromatic heterocycles. The number of amides is 1. The number of rotatable bonds is 7. The van der Waals surface area contributed by atoms with Gasteiger partial charge in [-0.25, -0.2) is 5.43 Å². The number of carbonyl (C=O) groups is 1. The van der Waals surface area contributed by atoms with Gasteiger partial charge in [-0.2, -0.15) is 5.10 Å². The second-order valence-corrected chi connectivity index (χ2v) is 5.79. The second kappa shape index (κ2) is 9.15. The van der Waals surface area contributed by atoms with Crippen molar-refractivity contribution in [3.8, 4) is 11.5 Å². The summed E-state index contributed by atoms with van der Waals surface area (Å²) in [5.74, 6) is 1.17. The Morgan fingerprint density at radius 1 is 1.04 bits per heavy atom. The topological polar surface area (TPSA) is 75.6 Å². The number of hydrazone groups is 1. The summed E-state index contributed by atoms with van der Waals surface area (Å²) in [6, 6.07) is 18.9. The molecule has 0 bridgehead atoms. The van der Waals surface area contributed by atoms with Gasteiger partial charge < -0.3 is 10.1 Å². The number of hydrogen-bond acceptors (Lipinski definition) is 5. The van der Waals surface area contributed by atoms with E-state index in [9.17, 15) is 4.79 Å². The van der Waals surface area contributed by atoms with Crippen LogP contribution < -0.4 is 15.5 Å². The average Bonchev–Trinajstić information content (AvgIpc) is 2.70. The number of carbonyl (C=O) groups excluding carboxylic acids is 1. The summed E-state index contributed by atoms with van der Waals surface area (Å²) >= 11 is 0. The zero-order valence-electron chi connectivity index (χ0n) is 14.9. The Balaban J connectivity index is 1.57. The predicted molar refractivity (Wildman–Crippen MR) is 106 cm³/mol. The van der Waals surface area contributed by atoms with Gasteiger partial charge in [0, 0.05) is 12.4 Å². The fourth-order valence-corrected chi connectivity index (χ4v) is 2.33. The number of para-hydroxylation sites is 3. The third kappa shape index (κ3) is 5.40. The Bertz CT molecular complexity index is 926. The number of pyridine rings is 1. The Morgan fingerprint density at radius 3 is 2.52 bits per heavy atom. The average molecular weight is 360 g/mol. The molecule has 3 rings (SSSR count). The van der Waals surface area contributed by atoms with Crippen molar-refractivity contribution in [3.05, 3.63) is 84.2 Å². The molecule has 1 heterocycles. The summed E-state index contributed by atoms with van der Waals surface area (Å²) in [7, 11) is 0. The zero-order valence-corrected chi connectivity index (χ0v) is 14.9. The van der Waals surface area contributed by atoms with Crippen molar-refractivity contribution >= 4 is 17.8 Å². The van der Waals surface area contributed by atoms with Gasteiger partial charge in [-0.05, 0) is 48.4 Å². The molecule has 0 aliphatic heterocycles. The minimum Gasteiger partial charge on any atom is -0.455 e. The minimum absolute atomic E-state index is 0.0713. The van der Waals surface area contributed by atoms with Crippen molar-refractivity contribution in [2.75, 3.05) is 11.9 Å². The Hall–Kier alpha value is -3.67. The van der Waals surface area contributed by atoms with E-state index in [0.29, 0.717) is 5.75 Å². The van der Waals surface area contributed by atoms with Crippen LogP contribution in [0.5, 0.6) is 11.5 Å². The van der Waals surface area contributed by atoms with Gasteiger partial charge in [-0.15, -0.1) is 0 Å². The van der Waals surface area contributed by atoms with Crippen LogP contribution in [0.3, 0.4) is 0 Å². The molecule has 1 amide bonds. The van der Waals surface area contributed by atoms with E-state index in [1.54, 1.807) is 30.7 Å². The molecule has 0 atom stereocenters. The number of ether oxygens (including phenoxy) is 1. The van der Waals surface area contributed by atoms with Crippen LogP contribution in [-0.4, -0.2) is 23.7 Å². The van der Waals surface area contributed by atoms with Crippen LogP contribution >= 0.6 is 0 Å². The highest BCUT2D eigenvalue weighted by molar-refractivity contribution is 5.84. The molecular formula is C21H20N4O2. The minimum atomic E-state index is -0.258. The molecule has 3 aromatic rings. The largest absolute Gasteiger partial charge is 0.455 e. The highest BCUT2D eigenvalue weighted by atomic mass is 16.5. The van der Waals surface area contributed by atoms with Gasteiger partial charge in [0.05, 0.1) is 18.4 Å². The standard InChI is InChI=1S/C21H20N4O2/c1-16-6-2-4-8-19(16)27-20-9-5-3-7-18(20)23-15-21(26)25-24-14-17-10-12-22-13-11-17/h2-14,23H,15H2,1H3,(H,25,26)/b24-14+. The van der Waals surface area contributed by atoms with E-state index in [0.717, 1.165) is 22.6 Å². The normalized spacial score (nSPS) is 10.6. The molecule has 0 unspecified atom stereocenters. The summed E-state index contributed by atoms with van der Waals surface area (Å²) in [6.07, 6.45) is 4.89. The maximum absolute atomic E-state index is 12.0. The van der Waals surface area contributed by atoms with E-state index in [-0.39, 0.29) is 12.5 Å². The molecule has 136 valence electrons. The van der Waals surface area contributed by atoms with Crippen LogP contribution in [-0.2, 0) is 4.79 Å². The van der Waals surface area contributed by atoms with Gasteiger partial charge in [0.25, 0.3) is 5.91 Å². The molecule has 6 nitrogen and oxygen atoms in total. The van der Waals surface area contributed by atoms with Gasteiger partial charge >= 0.3 is 0 Å². The molecule has 2 aromatic carbocycles. The van der Waals surface area contributed by atoms with Crippen LogP contribution in [0.1, 0.15) is 11.1 Å². The van der Waals surface area contributed by atoms with E-state index in [4.69, 9.17) is 4.74 Å². The molecule has 0 saturated heterocycles. The van der Waals surface area contributed by atoms with Crippen molar-refractivity contribution in [2.24, 2.45) is 5.10 Å². The Kier molecular flexibility index (Phi) is 6.14. The first-order valence-electron chi connectivity index (χ1n) is 8.51. The van der Waals surface area contributed by atoms with Gasteiger partial charge in [0.15, 0.2) is 5.75 Å². The molecule has 0 saturated carbocycles. The maximum Gasteiger partial charge on any atom is 0.259 e. The molecule has 6 heteroatoms. The Labute approximate surface area is 157 Å². The molecule has 0 aliphatic rings. The molecule has 2 N–H and O–H groups in total. The fourth-order valence-electron chi connectivity index (χ4n) is 2.33. The number of anilines is 1. The molecule has 0 fully saturated rings. The highest BCUT2D eigenvalue weighted by Crippen LogP contribution is 2.30. The summed E-state index contributed by atoms with van der Waals surface area (Å²) in [5.41, 5.74) is 5.11. The molecule has 27 heavy (non-hydrogen) atoms. The van der Waals surface area contributed by atoms with Crippen LogP contribution in [0.15, 0.2) is 78.2 Å². The van der Waals surface area contributed by atoms with E-state index < -0.39 is 0 Å². The summed E-state index contributed by atoms with van der Waals surface area (Å²) in [5, 5.41) is 7.01. The number of benzene rings is 2. The van der Waals surface area contributed by atoms with Crippen molar-refractivity contribution in [3.63, 3.8) is 0 Å². The molecule has 0 radical (unpaired) electrons. The van der Waals surface area contributed by atoms with E-state index in [1.165, 1.54) is 0 Å². The van der Waals surface area contributed by atoms with Crippen LogP contribution in [0.2, 0.25) is 0 Å². The van der Waals surface area contributed by atoms with Gasteiger partial charge in [0.2, 0.25) is 0 Å². The lowest BCUT2D eigenvalue weighted by atomic mass is 10.2. The molecule has 0 spiro atoms. The highest BCUT2D eigenvalue weighted by Gasteiger charge is 2.07. The first-order chi connectivity index (χ1) is 13.2. The van der Waals surface area contributed by atoms with Crippen molar-refractivity contribution in [1.29, 1.82) is 0 Å². The number of nitrogens with zero attached hydrogens (tertiary/aromatic N) is 2. The molecule has 0 aliphatic carbocycles. The fraction of sp³-hybridized carbons (Fsp3) is 0.0952. The monoisotopic (exact) mass is 360 g/mol. The summed E-state index contributed by atoms with van der Waals surface area (Å²) < 4.78 is 5.98. The van der Waals surface area contributed by atoms with Crippen LogP contribution in [0, 0.1) is 6.92 Å². The zero-order chi connectivity index (χ0) is 18.9. The van der Waals surface area contributed by atoms with Gasteiger partial charge in [0.1, 0.15) is 5.75 Å². The van der Waals surface area contributed by atoms with E-state index >= 15 is 0 Å². The molecular weight excluding hydrogens is 340 g/mol. The van der Waals surface area contributed by atoms with Crippen molar-refractivity contribution in [2.45, 2.75) is 6.92 Å². The third-order valence-corrected chi connectivity index (χ3v) is 3.75. The lowest BCUT2D eigenvalue weighted by Gasteiger charge is -2.13. The predicted octanol–water partition coefficient (Wildman–Crippen LogP) is 3.74. The summed E-state index contributed by atoms with van der Waals surface area (Å²) in [4.78, 5) is 15.9. The summed E-state index contributed by atoms with van der Waals surface area (Å²) in [6.45, 7) is 2.06. The van der Waals surface area contributed by atoms with Crippen LogP contribution in [0.4, 0.5) is 5.69 Å². The lowest BCUT2D eigenvalue weighted by Crippen LogP contribution is -2.26. The van der Waals surface area contributed by atoms with Crippen LogP contribution in [0.25, 0.3) is 0 Å². The van der Waals surface area contributed by atoms with Gasteiger partial charge in [-0.1, -0.05) is 30.3 Å². The smallest absolute Gasteiger partial charge is 0.259 e. The SMILES string of the molecule is Cc1ccccc1Oc1ccccc1NCC(=O)N/N=C/c1ccncc1. The quantitative estimate of drug-likeness (QED) is 0.497.